The zero-order chi connectivity index (χ0) is 10.1. The van der Waals surface area contributed by atoms with Crippen molar-refractivity contribution in [2.75, 3.05) is 14.1 Å². The first-order valence-corrected chi connectivity index (χ1v) is 4.81. The third kappa shape index (κ3) is 1.74. The van der Waals surface area contributed by atoms with Crippen molar-refractivity contribution in [2.45, 2.75) is 6.54 Å². The van der Waals surface area contributed by atoms with Gasteiger partial charge in [0.05, 0.1) is 12.2 Å². The van der Waals surface area contributed by atoms with Crippen LogP contribution in [-0.2, 0) is 6.54 Å². The van der Waals surface area contributed by atoms with Gasteiger partial charge in [-0.3, -0.25) is 5.01 Å². The molecule has 4 heteroatoms. The molecule has 0 radical (unpaired) electrons. The first kappa shape index (κ1) is 9.49. The third-order valence-corrected chi connectivity index (χ3v) is 2.45. The van der Waals surface area contributed by atoms with Gasteiger partial charge in [0.1, 0.15) is 6.34 Å². The predicted octanol–water partition coefficient (Wildman–Crippen LogP) is 2.29. The number of benzene rings is 1. The van der Waals surface area contributed by atoms with Crippen LogP contribution in [0.15, 0.2) is 23.2 Å². The maximum Gasteiger partial charge on any atom is 0.106 e. The highest BCUT2D eigenvalue weighted by Crippen LogP contribution is 2.26. The molecule has 0 atom stereocenters. The lowest BCUT2D eigenvalue weighted by molar-refractivity contribution is 0.107. The quantitative estimate of drug-likeness (QED) is 0.707. The Hall–Kier alpha value is -1.06. The lowest BCUT2D eigenvalue weighted by atomic mass is 10.1. The van der Waals surface area contributed by atoms with Gasteiger partial charge < -0.3 is 0 Å². The van der Waals surface area contributed by atoms with Gasteiger partial charge in [-0.1, -0.05) is 11.6 Å². The smallest absolute Gasteiger partial charge is 0.106 e. The fourth-order valence-corrected chi connectivity index (χ4v) is 1.59. The van der Waals surface area contributed by atoms with Gasteiger partial charge in [0, 0.05) is 24.7 Å². The number of fused-ring (bicyclic) bond motifs is 1. The minimum atomic E-state index is 0.763. The summed E-state index contributed by atoms with van der Waals surface area (Å²) in [5, 5.41) is 4.78. The Morgan fingerprint density at radius 1 is 1.43 bits per heavy atom. The average Bonchev–Trinajstić information content (AvgIpc) is 2.16. The van der Waals surface area contributed by atoms with E-state index in [4.69, 9.17) is 11.6 Å². The molecule has 2 rings (SSSR count). The van der Waals surface area contributed by atoms with E-state index in [0.717, 1.165) is 22.8 Å². The standard InChI is InChI=1S/C10H12ClN3/c1-13(2)14-6-8-5-9(11)3-4-10(8)12-7-14/h3-5,7H,6H2,1-2H3. The summed E-state index contributed by atoms with van der Waals surface area (Å²) in [5.74, 6) is 0. The SMILES string of the molecule is CN(C)N1C=Nc2ccc(Cl)cc2C1. The molecular formula is C10H12ClN3. The van der Waals surface area contributed by atoms with Crippen LogP contribution in [0.3, 0.4) is 0 Å². The van der Waals surface area contributed by atoms with Gasteiger partial charge in [-0.25, -0.2) is 10.0 Å². The van der Waals surface area contributed by atoms with Crippen molar-refractivity contribution < 1.29 is 0 Å². The first-order valence-electron chi connectivity index (χ1n) is 4.43. The van der Waals surface area contributed by atoms with Crippen molar-refractivity contribution in [3.8, 4) is 0 Å². The summed E-state index contributed by atoms with van der Waals surface area (Å²) in [7, 11) is 3.98. The molecular weight excluding hydrogens is 198 g/mol. The largest absolute Gasteiger partial charge is 0.292 e. The molecule has 0 amide bonds. The van der Waals surface area contributed by atoms with Crippen LogP contribution in [0, 0.1) is 0 Å². The van der Waals surface area contributed by atoms with Crippen LogP contribution < -0.4 is 0 Å². The second-order valence-electron chi connectivity index (χ2n) is 3.46. The average molecular weight is 210 g/mol. The maximum atomic E-state index is 5.92. The van der Waals surface area contributed by atoms with Gasteiger partial charge in [-0.2, -0.15) is 0 Å². The lowest BCUT2D eigenvalue weighted by Gasteiger charge is -2.29. The van der Waals surface area contributed by atoms with Crippen LogP contribution in [0.1, 0.15) is 5.56 Å². The summed E-state index contributed by atoms with van der Waals surface area (Å²) in [5.41, 5.74) is 2.17. The van der Waals surface area contributed by atoms with Gasteiger partial charge >= 0.3 is 0 Å². The van der Waals surface area contributed by atoms with Crippen LogP contribution in [0.25, 0.3) is 0 Å². The van der Waals surface area contributed by atoms with Crippen LogP contribution in [-0.4, -0.2) is 30.5 Å². The van der Waals surface area contributed by atoms with E-state index in [0.29, 0.717) is 0 Å². The molecule has 0 aliphatic carbocycles. The Morgan fingerprint density at radius 2 is 2.21 bits per heavy atom. The third-order valence-electron chi connectivity index (χ3n) is 2.22. The highest BCUT2D eigenvalue weighted by molar-refractivity contribution is 6.30. The molecule has 0 spiro atoms. The molecule has 1 aromatic carbocycles. The zero-order valence-corrected chi connectivity index (χ0v) is 8.99. The number of rotatable bonds is 1. The summed E-state index contributed by atoms with van der Waals surface area (Å²) in [6, 6.07) is 5.77. The van der Waals surface area contributed by atoms with Crippen molar-refractivity contribution in [2.24, 2.45) is 4.99 Å². The molecule has 0 bridgehead atoms. The molecule has 14 heavy (non-hydrogen) atoms. The molecule has 0 fully saturated rings. The summed E-state index contributed by atoms with van der Waals surface area (Å²) >= 11 is 5.92. The van der Waals surface area contributed by atoms with E-state index in [1.54, 1.807) is 0 Å². The Balaban J connectivity index is 2.32. The number of halogens is 1. The molecule has 1 aliphatic rings. The van der Waals surface area contributed by atoms with Crippen LogP contribution in [0.5, 0.6) is 0 Å². The Morgan fingerprint density at radius 3 is 2.93 bits per heavy atom. The van der Waals surface area contributed by atoms with E-state index >= 15 is 0 Å². The minimum Gasteiger partial charge on any atom is -0.292 e. The van der Waals surface area contributed by atoms with Gasteiger partial charge in [-0.05, 0) is 18.2 Å². The molecule has 0 unspecified atom stereocenters. The zero-order valence-electron chi connectivity index (χ0n) is 8.24. The predicted molar refractivity (Wildman–Crippen MR) is 58.8 cm³/mol. The highest BCUT2D eigenvalue weighted by atomic mass is 35.5. The van der Waals surface area contributed by atoms with E-state index in [1.807, 2.05) is 48.7 Å². The van der Waals surface area contributed by atoms with Crippen molar-refractivity contribution in [1.29, 1.82) is 0 Å². The number of hydrogen-bond acceptors (Lipinski definition) is 3. The van der Waals surface area contributed by atoms with Gasteiger partial charge in [0.15, 0.2) is 0 Å². The molecule has 1 heterocycles. The summed E-state index contributed by atoms with van der Waals surface area (Å²) in [4.78, 5) is 4.34. The summed E-state index contributed by atoms with van der Waals surface area (Å²) < 4.78 is 0. The number of aliphatic imine (C=N–C) groups is 1. The lowest BCUT2D eigenvalue weighted by Crippen LogP contribution is -2.36. The van der Waals surface area contributed by atoms with Crippen molar-refractivity contribution in [1.82, 2.24) is 10.0 Å². The topological polar surface area (TPSA) is 18.8 Å². The molecule has 0 aromatic heterocycles. The minimum absolute atomic E-state index is 0.763. The fourth-order valence-electron chi connectivity index (χ4n) is 1.40. The number of nitrogens with zero attached hydrogens (tertiary/aromatic N) is 3. The number of hydrogen-bond donors (Lipinski definition) is 0. The van der Waals surface area contributed by atoms with Crippen LogP contribution in [0.4, 0.5) is 5.69 Å². The fraction of sp³-hybridized carbons (Fsp3) is 0.300. The van der Waals surface area contributed by atoms with Gasteiger partial charge in [0.25, 0.3) is 0 Å². The van der Waals surface area contributed by atoms with Crippen LogP contribution >= 0.6 is 11.6 Å². The summed E-state index contributed by atoms with van der Waals surface area (Å²) in [6.07, 6.45) is 1.83. The van der Waals surface area contributed by atoms with Gasteiger partial charge in [0.2, 0.25) is 0 Å². The Kier molecular flexibility index (Phi) is 2.44. The Labute approximate surface area is 88.6 Å². The molecule has 74 valence electrons. The monoisotopic (exact) mass is 209 g/mol. The molecule has 1 aliphatic heterocycles. The molecule has 3 nitrogen and oxygen atoms in total. The molecule has 0 saturated heterocycles. The van der Waals surface area contributed by atoms with Crippen molar-refractivity contribution in [3.05, 3.63) is 28.8 Å². The summed E-state index contributed by atoms with van der Waals surface area (Å²) in [6.45, 7) is 0.826. The van der Waals surface area contributed by atoms with E-state index in [2.05, 4.69) is 4.99 Å². The second kappa shape index (κ2) is 3.59. The van der Waals surface area contributed by atoms with E-state index in [1.165, 1.54) is 0 Å². The molecule has 0 N–H and O–H groups in total. The van der Waals surface area contributed by atoms with Crippen molar-refractivity contribution >= 4 is 23.6 Å². The highest BCUT2D eigenvalue weighted by Gasteiger charge is 2.12. The van der Waals surface area contributed by atoms with E-state index in [-0.39, 0.29) is 0 Å². The molecule has 1 aromatic rings. The van der Waals surface area contributed by atoms with E-state index in [9.17, 15) is 0 Å². The van der Waals surface area contributed by atoms with Gasteiger partial charge in [-0.15, -0.1) is 0 Å². The molecule has 0 saturated carbocycles. The maximum absolute atomic E-state index is 5.92. The number of hydrazine groups is 1. The van der Waals surface area contributed by atoms with Crippen LogP contribution in [0.2, 0.25) is 5.02 Å². The van der Waals surface area contributed by atoms with E-state index < -0.39 is 0 Å². The normalized spacial score (nSPS) is 14.7. The second-order valence-corrected chi connectivity index (χ2v) is 3.90. The van der Waals surface area contributed by atoms with Crippen molar-refractivity contribution in [3.63, 3.8) is 0 Å². The first-order chi connectivity index (χ1) is 6.66. The Bertz CT molecular complexity index is 374.